The molecule has 0 bridgehead atoms. The van der Waals surface area contributed by atoms with Crippen LogP contribution in [0.2, 0.25) is 0 Å². The minimum Gasteiger partial charge on any atom is -0.550 e. The zero-order chi connectivity index (χ0) is 10.6. The Balaban J connectivity index is 4.25. The summed E-state index contributed by atoms with van der Waals surface area (Å²) in [4.78, 5) is 30.8. The van der Waals surface area contributed by atoms with E-state index in [2.05, 4.69) is 0 Å². The minimum absolute atomic E-state index is 0.781. The molecule has 0 aliphatic carbocycles. The molecule has 0 aliphatic heterocycles. The Morgan fingerprint density at radius 2 is 1.62 bits per heavy atom. The van der Waals surface area contributed by atoms with Gasteiger partial charge < -0.3 is 19.8 Å². The van der Waals surface area contributed by atoms with E-state index in [-0.39, 0.29) is 0 Å². The van der Waals surface area contributed by atoms with Crippen molar-refractivity contribution in [1.29, 1.82) is 0 Å². The average Bonchev–Trinajstić information content (AvgIpc) is 2.00. The quantitative estimate of drug-likeness (QED) is 0.387. The molecule has 74 valence electrons. The predicted octanol–water partition coefficient (Wildman–Crippen LogP) is -2.34. The fourth-order valence-electron chi connectivity index (χ4n) is 0.522. The summed E-state index contributed by atoms with van der Waals surface area (Å²) in [6, 6.07) is 0. The van der Waals surface area contributed by atoms with Gasteiger partial charge in [0.15, 0.2) is 5.78 Å². The number of carboxylic acids is 2. The molecule has 2 atom stereocenters. The second-order valence-electron chi connectivity index (χ2n) is 2.13. The fourth-order valence-corrected chi connectivity index (χ4v) is 0.990. The number of rotatable bonds is 5. The molecule has 13 heavy (non-hydrogen) atoms. The number of ketones is 1. The third-order valence-electron chi connectivity index (χ3n) is 1.11. The number of carbonyl (C=O) groups is 3. The van der Waals surface area contributed by atoms with E-state index in [1.807, 2.05) is 0 Å². The Labute approximate surface area is 83.2 Å². The van der Waals surface area contributed by atoms with Crippen molar-refractivity contribution < 1.29 is 24.6 Å². The lowest BCUT2D eigenvalue weighted by atomic mass is 10.1. The van der Waals surface area contributed by atoms with Crippen LogP contribution in [0.25, 0.3) is 0 Å². The summed E-state index contributed by atoms with van der Waals surface area (Å²) in [6.45, 7) is 0. The highest BCUT2D eigenvalue weighted by atomic mass is 35.5. The van der Waals surface area contributed by atoms with Crippen LogP contribution in [0.1, 0.15) is 6.42 Å². The number of carboxylic acid groups (broad SMARTS) is 2. The normalized spacial score (nSPS) is 14.6. The number of carbonyl (C=O) groups excluding carboxylic acids is 3. The molecule has 0 aromatic heterocycles. The van der Waals surface area contributed by atoms with Gasteiger partial charge in [-0.15, -0.1) is 23.2 Å². The number of Topliss-reactive ketones (excluding diaryl/α,β-unsaturated/α-hetero) is 1. The lowest BCUT2D eigenvalue weighted by Gasteiger charge is -2.13. The van der Waals surface area contributed by atoms with Crippen molar-refractivity contribution in [3.63, 3.8) is 0 Å². The van der Waals surface area contributed by atoms with E-state index in [1.54, 1.807) is 0 Å². The van der Waals surface area contributed by atoms with Crippen molar-refractivity contribution in [2.24, 2.45) is 0 Å². The van der Waals surface area contributed by atoms with Crippen LogP contribution in [-0.2, 0) is 14.4 Å². The van der Waals surface area contributed by atoms with Gasteiger partial charge in [-0.2, -0.15) is 0 Å². The van der Waals surface area contributed by atoms with Crippen LogP contribution >= 0.6 is 23.2 Å². The maximum Gasteiger partial charge on any atom is 0.174 e. The number of alkyl halides is 2. The van der Waals surface area contributed by atoms with Crippen molar-refractivity contribution in [1.82, 2.24) is 0 Å². The lowest BCUT2D eigenvalue weighted by Crippen LogP contribution is -2.42. The molecular formula is C6H4Cl2O5-2. The van der Waals surface area contributed by atoms with Gasteiger partial charge in [0, 0.05) is 12.4 Å². The van der Waals surface area contributed by atoms with E-state index in [0.717, 1.165) is 0 Å². The van der Waals surface area contributed by atoms with Gasteiger partial charge in [0.25, 0.3) is 0 Å². The van der Waals surface area contributed by atoms with E-state index in [9.17, 15) is 24.6 Å². The highest BCUT2D eigenvalue weighted by molar-refractivity contribution is 6.46. The molecule has 0 aromatic carbocycles. The van der Waals surface area contributed by atoms with E-state index in [0.29, 0.717) is 0 Å². The van der Waals surface area contributed by atoms with Gasteiger partial charge in [-0.3, -0.25) is 4.79 Å². The van der Waals surface area contributed by atoms with Crippen LogP contribution in [0.3, 0.4) is 0 Å². The Morgan fingerprint density at radius 3 is 1.92 bits per heavy atom. The predicted molar refractivity (Wildman–Crippen MR) is 38.9 cm³/mol. The van der Waals surface area contributed by atoms with Crippen LogP contribution in [0.4, 0.5) is 0 Å². The molecule has 0 spiro atoms. The Kier molecular flexibility index (Phi) is 4.72. The molecule has 0 radical (unpaired) electrons. The fraction of sp³-hybridized carbons (Fsp3) is 0.500. The molecule has 0 rings (SSSR count). The highest BCUT2D eigenvalue weighted by Crippen LogP contribution is 2.09. The van der Waals surface area contributed by atoms with Gasteiger partial charge in [-0.25, -0.2) is 0 Å². The summed E-state index contributed by atoms with van der Waals surface area (Å²) in [5, 5.41) is 16.6. The molecule has 0 heterocycles. The van der Waals surface area contributed by atoms with Crippen LogP contribution in [-0.4, -0.2) is 28.5 Å². The molecule has 5 nitrogen and oxygen atoms in total. The van der Waals surface area contributed by atoms with Crippen LogP contribution in [0, 0.1) is 0 Å². The van der Waals surface area contributed by atoms with Crippen LogP contribution in [0.15, 0.2) is 0 Å². The molecule has 0 saturated heterocycles. The molecule has 0 amide bonds. The highest BCUT2D eigenvalue weighted by Gasteiger charge is 2.24. The molecule has 0 fully saturated rings. The first kappa shape index (κ1) is 12.2. The summed E-state index contributed by atoms with van der Waals surface area (Å²) >= 11 is 10.3. The first-order valence-electron chi connectivity index (χ1n) is 3.08. The van der Waals surface area contributed by atoms with E-state index in [1.165, 1.54) is 0 Å². The first-order valence-corrected chi connectivity index (χ1v) is 3.96. The standard InChI is InChI=1S/C6H6Cl2O5/c7-2(1-3(9)10)5(11)4(8)6(12)13/h2,4H,1H2,(H,9,10)(H,12,13)/p-2. The second-order valence-corrected chi connectivity index (χ2v) is 3.09. The van der Waals surface area contributed by atoms with Gasteiger partial charge in [0.2, 0.25) is 0 Å². The van der Waals surface area contributed by atoms with Crippen LogP contribution < -0.4 is 10.2 Å². The van der Waals surface area contributed by atoms with Crippen molar-refractivity contribution in [2.45, 2.75) is 17.2 Å². The molecule has 0 aromatic rings. The van der Waals surface area contributed by atoms with E-state index in [4.69, 9.17) is 23.2 Å². The summed E-state index contributed by atoms with van der Waals surface area (Å²) in [7, 11) is 0. The zero-order valence-electron chi connectivity index (χ0n) is 6.16. The third kappa shape index (κ3) is 4.10. The smallest absolute Gasteiger partial charge is 0.174 e. The van der Waals surface area contributed by atoms with Gasteiger partial charge in [0.1, 0.15) is 5.38 Å². The summed E-state index contributed by atoms with van der Waals surface area (Å²) in [6.07, 6.45) is -0.781. The molecule has 0 aliphatic rings. The molecular weight excluding hydrogens is 223 g/mol. The maximum absolute atomic E-state index is 10.8. The number of halogens is 2. The Bertz CT molecular complexity index is 239. The third-order valence-corrected chi connectivity index (χ3v) is 1.87. The molecule has 7 heteroatoms. The van der Waals surface area contributed by atoms with Gasteiger partial charge in [0.05, 0.1) is 11.3 Å². The SMILES string of the molecule is O=C([O-])CC(Cl)C(=O)C(Cl)C(=O)[O-]. The molecule has 0 N–H and O–H groups in total. The number of hydrogen-bond acceptors (Lipinski definition) is 5. The van der Waals surface area contributed by atoms with Gasteiger partial charge in [-0.05, 0) is 0 Å². The largest absolute Gasteiger partial charge is 0.550 e. The van der Waals surface area contributed by atoms with Crippen molar-refractivity contribution in [3.8, 4) is 0 Å². The first-order chi connectivity index (χ1) is 5.86. The van der Waals surface area contributed by atoms with Crippen molar-refractivity contribution in [3.05, 3.63) is 0 Å². The van der Waals surface area contributed by atoms with E-state index < -0.39 is 34.9 Å². The van der Waals surface area contributed by atoms with Gasteiger partial charge >= 0.3 is 0 Å². The molecule has 0 saturated carbocycles. The topological polar surface area (TPSA) is 97.3 Å². The molecule has 2 unspecified atom stereocenters. The summed E-state index contributed by atoms with van der Waals surface area (Å²) in [5.41, 5.74) is 0. The minimum atomic E-state index is -1.93. The second kappa shape index (κ2) is 5.04. The van der Waals surface area contributed by atoms with E-state index >= 15 is 0 Å². The van der Waals surface area contributed by atoms with Gasteiger partial charge in [-0.1, -0.05) is 0 Å². The summed E-state index contributed by atoms with van der Waals surface area (Å²) in [5.74, 6) is -4.49. The van der Waals surface area contributed by atoms with Crippen LogP contribution in [0.5, 0.6) is 0 Å². The monoisotopic (exact) mass is 226 g/mol. The maximum atomic E-state index is 10.8. The number of aliphatic carboxylic acids is 2. The Morgan fingerprint density at radius 1 is 1.15 bits per heavy atom. The average molecular weight is 227 g/mol. The summed E-state index contributed by atoms with van der Waals surface area (Å²) < 4.78 is 0. The Hall–Kier alpha value is -0.810. The zero-order valence-corrected chi connectivity index (χ0v) is 7.67. The lowest BCUT2D eigenvalue weighted by molar-refractivity contribution is -0.307. The number of hydrogen-bond donors (Lipinski definition) is 0. The van der Waals surface area contributed by atoms with Crippen molar-refractivity contribution in [2.75, 3.05) is 0 Å². The van der Waals surface area contributed by atoms with Crippen molar-refractivity contribution >= 4 is 40.9 Å².